The van der Waals surface area contributed by atoms with E-state index in [1.54, 1.807) is 38.0 Å². The van der Waals surface area contributed by atoms with Crippen LogP contribution in [0.1, 0.15) is 0 Å². The van der Waals surface area contributed by atoms with Gasteiger partial charge in [-0.15, -0.1) is 0 Å². The van der Waals surface area contributed by atoms with Gasteiger partial charge in [-0.3, -0.25) is 10.8 Å². The van der Waals surface area contributed by atoms with Crippen LogP contribution in [-0.2, 0) is 0 Å². The van der Waals surface area contributed by atoms with Crippen LogP contribution in [-0.4, -0.2) is 26.6 Å². The zero-order valence-corrected chi connectivity index (χ0v) is 11.9. The van der Waals surface area contributed by atoms with E-state index < -0.39 is 0 Å². The van der Waals surface area contributed by atoms with Crippen LogP contribution in [0, 0.1) is 0 Å². The predicted molar refractivity (Wildman–Crippen MR) is 83.4 cm³/mol. The molecule has 0 aromatic carbocycles. The molecule has 0 amide bonds. The van der Waals surface area contributed by atoms with Crippen molar-refractivity contribution in [3.63, 3.8) is 0 Å². The summed E-state index contributed by atoms with van der Waals surface area (Å²) in [5.74, 6) is 5.98. The number of nitrogens with zero attached hydrogens (tertiary/aromatic N) is 4. The Kier molecular flexibility index (Phi) is 3.58. The fourth-order valence-electron chi connectivity index (χ4n) is 1.97. The Bertz CT molecular complexity index is 782. The summed E-state index contributed by atoms with van der Waals surface area (Å²) in [4.78, 5) is 12.8. The van der Waals surface area contributed by atoms with E-state index in [4.69, 9.17) is 16.3 Å². The number of hydrazine groups is 1. The maximum Gasteiger partial charge on any atom is 0.213 e. The zero-order chi connectivity index (χ0) is 15.5. The molecular formula is C14H15N7O. The highest BCUT2D eigenvalue weighted by Crippen LogP contribution is 2.23. The minimum atomic E-state index is 0.477. The molecule has 0 aliphatic rings. The number of nitrogens with two attached hydrogens (primary N) is 2. The highest BCUT2D eigenvalue weighted by molar-refractivity contribution is 5.70. The summed E-state index contributed by atoms with van der Waals surface area (Å²) < 4.78 is 6.88. The monoisotopic (exact) mass is 297 g/mol. The van der Waals surface area contributed by atoms with Gasteiger partial charge in [0.05, 0.1) is 42.3 Å². The van der Waals surface area contributed by atoms with Gasteiger partial charge in [0.25, 0.3) is 0 Å². The third-order valence-electron chi connectivity index (χ3n) is 3.16. The molecule has 0 saturated carbocycles. The van der Waals surface area contributed by atoms with Crippen molar-refractivity contribution in [3.05, 3.63) is 43.1 Å². The van der Waals surface area contributed by atoms with Crippen molar-refractivity contribution in [1.29, 1.82) is 0 Å². The van der Waals surface area contributed by atoms with Crippen LogP contribution < -0.4 is 21.7 Å². The number of nitrogens with one attached hydrogen (secondary N) is 1. The maximum atomic E-state index is 5.75. The molecule has 3 rings (SSSR count). The average molecular weight is 297 g/mol. The first-order chi connectivity index (χ1) is 10.7. The first kappa shape index (κ1) is 13.8. The largest absolute Gasteiger partial charge is 0.481 e. The molecule has 3 aromatic rings. The second kappa shape index (κ2) is 5.70. The standard InChI is InChI=1S/C14H15N7O/c1-22-14-3-2-9(5-18-14)21-7-13(19-8-21)12-4-11(20-16)10(15)6-17-12/h2-8H,15-16H2,1H3,(H,17,20). The molecule has 0 fully saturated rings. The lowest BCUT2D eigenvalue weighted by Gasteiger charge is -2.05. The normalized spacial score (nSPS) is 10.5. The van der Waals surface area contributed by atoms with Crippen LogP contribution in [0.4, 0.5) is 11.4 Å². The van der Waals surface area contributed by atoms with Gasteiger partial charge in [-0.1, -0.05) is 0 Å². The molecule has 0 unspecified atom stereocenters. The van der Waals surface area contributed by atoms with Gasteiger partial charge in [0.15, 0.2) is 0 Å². The number of aromatic nitrogens is 4. The number of rotatable bonds is 4. The molecule has 5 N–H and O–H groups in total. The summed E-state index contributed by atoms with van der Waals surface area (Å²) >= 11 is 0. The van der Waals surface area contributed by atoms with Gasteiger partial charge in [-0.05, 0) is 12.1 Å². The first-order valence-corrected chi connectivity index (χ1v) is 6.48. The van der Waals surface area contributed by atoms with Crippen molar-refractivity contribution in [3.8, 4) is 23.0 Å². The van der Waals surface area contributed by atoms with E-state index in [2.05, 4.69) is 20.4 Å². The smallest absolute Gasteiger partial charge is 0.213 e. The van der Waals surface area contributed by atoms with Gasteiger partial charge in [-0.25, -0.2) is 9.97 Å². The third-order valence-corrected chi connectivity index (χ3v) is 3.16. The van der Waals surface area contributed by atoms with E-state index in [0.717, 1.165) is 5.69 Å². The first-order valence-electron chi connectivity index (χ1n) is 6.48. The Morgan fingerprint density at radius 1 is 1.14 bits per heavy atom. The number of imidazole rings is 1. The van der Waals surface area contributed by atoms with E-state index in [0.29, 0.717) is 28.6 Å². The predicted octanol–water partition coefficient (Wildman–Crippen LogP) is 1.21. The Balaban J connectivity index is 1.92. The summed E-state index contributed by atoms with van der Waals surface area (Å²) in [7, 11) is 1.58. The van der Waals surface area contributed by atoms with Crippen LogP contribution in [0.15, 0.2) is 43.1 Å². The number of ether oxygens (including phenoxy) is 1. The molecule has 0 bridgehead atoms. The van der Waals surface area contributed by atoms with Crippen molar-refractivity contribution in [2.75, 3.05) is 18.3 Å². The SMILES string of the molecule is COc1ccc(-n2cnc(-c3cc(NN)c(N)cn3)c2)cn1. The van der Waals surface area contributed by atoms with Crippen LogP contribution in [0.2, 0.25) is 0 Å². The molecule has 3 aromatic heterocycles. The molecule has 22 heavy (non-hydrogen) atoms. The molecule has 0 aliphatic heterocycles. The van der Waals surface area contributed by atoms with Crippen LogP contribution in [0.5, 0.6) is 5.88 Å². The molecule has 0 spiro atoms. The Hall–Kier alpha value is -3.13. The molecule has 3 heterocycles. The van der Waals surface area contributed by atoms with Gasteiger partial charge in [0, 0.05) is 12.3 Å². The molecule has 8 heteroatoms. The highest BCUT2D eigenvalue weighted by Gasteiger charge is 2.08. The van der Waals surface area contributed by atoms with Crippen molar-refractivity contribution in [1.82, 2.24) is 19.5 Å². The lowest BCUT2D eigenvalue weighted by molar-refractivity contribution is 0.398. The van der Waals surface area contributed by atoms with Gasteiger partial charge < -0.3 is 20.5 Å². The van der Waals surface area contributed by atoms with E-state index in [1.807, 2.05) is 16.8 Å². The summed E-state index contributed by atoms with van der Waals surface area (Å²) in [5.41, 5.74) is 11.6. The summed E-state index contributed by atoms with van der Waals surface area (Å²) in [6, 6.07) is 5.42. The lowest BCUT2D eigenvalue weighted by Crippen LogP contribution is -2.09. The van der Waals surface area contributed by atoms with E-state index in [9.17, 15) is 0 Å². The molecule has 0 aliphatic carbocycles. The lowest BCUT2D eigenvalue weighted by atomic mass is 10.2. The summed E-state index contributed by atoms with van der Waals surface area (Å²) in [6.07, 6.45) is 6.78. The van der Waals surface area contributed by atoms with Crippen LogP contribution in [0.3, 0.4) is 0 Å². The Labute approximate surface area is 126 Å². The zero-order valence-electron chi connectivity index (χ0n) is 11.9. The van der Waals surface area contributed by atoms with E-state index in [-0.39, 0.29) is 0 Å². The van der Waals surface area contributed by atoms with Crippen LogP contribution in [0.25, 0.3) is 17.1 Å². The molecule has 112 valence electrons. The topological polar surface area (TPSA) is 117 Å². The number of nitrogen functional groups attached to an aromatic ring is 2. The van der Waals surface area contributed by atoms with Gasteiger partial charge in [0.1, 0.15) is 12.0 Å². The maximum absolute atomic E-state index is 5.75. The van der Waals surface area contributed by atoms with Crippen molar-refractivity contribution in [2.45, 2.75) is 0 Å². The number of pyridine rings is 2. The molecule has 0 saturated heterocycles. The van der Waals surface area contributed by atoms with Crippen molar-refractivity contribution >= 4 is 11.4 Å². The van der Waals surface area contributed by atoms with Crippen LogP contribution >= 0.6 is 0 Å². The number of anilines is 2. The quantitative estimate of drug-likeness (QED) is 0.489. The minimum Gasteiger partial charge on any atom is -0.481 e. The Morgan fingerprint density at radius 3 is 2.68 bits per heavy atom. The molecular weight excluding hydrogens is 282 g/mol. The second-order valence-corrected chi connectivity index (χ2v) is 4.53. The van der Waals surface area contributed by atoms with E-state index in [1.165, 1.54) is 0 Å². The molecule has 0 atom stereocenters. The third kappa shape index (κ3) is 2.54. The molecule has 0 radical (unpaired) electrons. The highest BCUT2D eigenvalue weighted by atomic mass is 16.5. The molecule has 8 nitrogen and oxygen atoms in total. The van der Waals surface area contributed by atoms with Gasteiger partial charge in [-0.2, -0.15) is 0 Å². The fraction of sp³-hybridized carbons (Fsp3) is 0.0714. The summed E-state index contributed by atoms with van der Waals surface area (Å²) in [5, 5.41) is 0. The number of hydrogen-bond donors (Lipinski definition) is 3. The number of methoxy groups -OCH3 is 1. The average Bonchev–Trinajstić information content (AvgIpc) is 3.05. The van der Waals surface area contributed by atoms with Gasteiger partial charge in [0.2, 0.25) is 5.88 Å². The van der Waals surface area contributed by atoms with Crippen molar-refractivity contribution < 1.29 is 4.74 Å². The fourth-order valence-corrected chi connectivity index (χ4v) is 1.97. The number of hydrogen-bond acceptors (Lipinski definition) is 7. The summed E-state index contributed by atoms with van der Waals surface area (Å²) in [6.45, 7) is 0. The van der Waals surface area contributed by atoms with Crippen molar-refractivity contribution in [2.24, 2.45) is 5.84 Å². The minimum absolute atomic E-state index is 0.477. The van der Waals surface area contributed by atoms with Gasteiger partial charge >= 0.3 is 0 Å². The Morgan fingerprint density at radius 2 is 2.00 bits per heavy atom. The van der Waals surface area contributed by atoms with E-state index >= 15 is 0 Å². The second-order valence-electron chi connectivity index (χ2n) is 4.53.